The van der Waals surface area contributed by atoms with Gasteiger partial charge in [-0.3, -0.25) is 4.79 Å². The zero-order chi connectivity index (χ0) is 17.2. The van der Waals surface area contributed by atoms with Gasteiger partial charge in [-0.2, -0.15) is 0 Å². The topological polar surface area (TPSA) is 60.7 Å². The number of halogens is 1. The first-order valence-electron chi connectivity index (χ1n) is 8.27. The quantitative estimate of drug-likeness (QED) is 0.463. The van der Waals surface area contributed by atoms with E-state index in [1.54, 1.807) is 0 Å². The Morgan fingerprint density at radius 1 is 1.04 bits per heavy atom. The number of H-pyrrole nitrogens is 2. The van der Waals surface area contributed by atoms with Gasteiger partial charge in [-0.15, -0.1) is 0 Å². The van der Waals surface area contributed by atoms with Crippen molar-refractivity contribution in [2.75, 3.05) is 6.54 Å². The summed E-state index contributed by atoms with van der Waals surface area (Å²) >= 11 is 3.48. The van der Waals surface area contributed by atoms with Crippen molar-refractivity contribution in [2.24, 2.45) is 0 Å². The molecule has 5 heteroatoms. The molecule has 2 aromatic heterocycles. The maximum atomic E-state index is 12.3. The number of amides is 1. The van der Waals surface area contributed by atoms with Gasteiger partial charge in [0.15, 0.2) is 0 Å². The highest BCUT2D eigenvalue weighted by Crippen LogP contribution is 2.23. The first kappa shape index (κ1) is 16.0. The summed E-state index contributed by atoms with van der Waals surface area (Å²) in [6, 6.07) is 14.4. The SMILES string of the molecule is O=C(Cc1c[nH]c2ccc(Br)cc12)NCCc1ccc2[nH]ccc2c1. The number of hydrogen-bond acceptors (Lipinski definition) is 1. The minimum absolute atomic E-state index is 0.0450. The summed E-state index contributed by atoms with van der Waals surface area (Å²) < 4.78 is 1.02. The standard InChI is InChI=1S/C20H18BrN3O/c21-16-2-4-19-17(11-16)15(12-24-19)10-20(25)23-7-5-13-1-3-18-14(9-13)6-8-22-18/h1-4,6,8-9,11-12,22,24H,5,7,10H2,(H,23,25). The molecule has 0 saturated heterocycles. The first-order valence-corrected chi connectivity index (χ1v) is 9.06. The van der Waals surface area contributed by atoms with E-state index < -0.39 is 0 Å². The number of aromatic amines is 2. The van der Waals surface area contributed by atoms with Gasteiger partial charge in [-0.05, 0) is 59.3 Å². The molecule has 2 aromatic carbocycles. The van der Waals surface area contributed by atoms with Gasteiger partial charge in [0.2, 0.25) is 5.91 Å². The average molecular weight is 396 g/mol. The molecule has 4 rings (SSSR count). The third-order valence-electron chi connectivity index (χ3n) is 4.43. The van der Waals surface area contributed by atoms with Crippen LogP contribution >= 0.6 is 15.9 Å². The fourth-order valence-corrected chi connectivity index (χ4v) is 3.50. The Morgan fingerprint density at radius 3 is 2.84 bits per heavy atom. The lowest BCUT2D eigenvalue weighted by Crippen LogP contribution is -2.27. The van der Waals surface area contributed by atoms with E-state index >= 15 is 0 Å². The van der Waals surface area contributed by atoms with E-state index in [1.807, 2.05) is 30.6 Å². The fraction of sp³-hybridized carbons (Fsp3) is 0.150. The van der Waals surface area contributed by atoms with Crippen molar-refractivity contribution in [1.82, 2.24) is 15.3 Å². The second-order valence-electron chi connectivity index (χ2n) is 6.18. The molecule has 126 valence electrons. The number of nitrogens with one attached hydrogen (secondary N) is 3. The van der Waals surface area contributed by atoms with Crippen LogP contribution in [-0.2, 0) is 17.6 Å². The molecule has 0 fully saturated rings. The van der Waals surface area contributed by atoms with Crippen molar-refractivity contribution >= 4 is 43.6 Å². The summed E-state index contributed by atoms with van der Waals surface area (Å²) in [5.41, 5.74) is 4.43. The molecule has 0 unspecified atom stereocenters. The maximum absolute atomic E-state index is 12.3. The van der Waals surface area contributed by atoms with Crippen LogP contribution < -0.4 is 5.32 Å². The summed E-state index contributed by atoms with van der Waals surface area (Å²) in [5.74, 6) is 0.0450. The Bertz CT molecular complexity index is 1050. The van der Waals surface area contributed by atoms with Gasteiger partial charge in [-0.25, -0.2) is 0 Å². The molecule has 0 atom stereocenters. The molecule has 2 heterocycles. The molecule has 0 spiro atoms. The highest BCUT2D eigenvalue weighted by Gasteiger charge is 2.09. The highest BCUT2D eigenvalue weighted by molar-refractivity contribution is 9.10. The van der Waals surface area contributed by atoms with Crippen LogP contribution in [0, 0.1) is 0 Å². The molecule has 1 amide bonds. The Morgan fingerprint density at radius 2 is 1.92 bits per heavy atom. The van der Waals surface area contributed by atoms with Gasteiger partial charge in [0.25, 0.3) is 0 Å². The Balaban J connectivity index is 1.36. The monoisotopic (exact) mass is 395 g/mol. The Hall–Kier alpha value is -2.53. The van der Waals surface area contributed by atoms with Crippen molar-refractivity contribution in [3.05, 3.63) is 70.5 Å². The molecule has 4 aromatic rings. The van der Waals surface area contributed by atoms with E-state index in [-0.39, 0.29) is 5.91 Å². The molecule has 3 N–H and O–H groups in total. The lowest BCUT2D eigenvalue weighted by atomic mass is 10.1. The number of carbonyl (C=O) groups excluding carboxylic acids is 1. The molecular weight excluding hydrogens is 378 g/mol. The number of aromatic nitrogens is 2. The van der Waals surface area contributed by atoms with Crippen molar-refractivity contribution in [3.8, 4) is 0 Å². The smallest absolute Gasteiger partial charge is 0.224 e. The molecule has 0 saturated carbocycles. The number of carbonyl (C=O) groups is 1. The number of rotatable bonds is 5. The molecular formula is C20H18BrN3O. The maximum Gasteiger partial charge on any atom is 0.224 e. The summed E-state index contributed by atoms with van der Waals surface area (Å²) in [6.07, 6.45) is 5.06. The summed E-state index contributed by atoms with van der Waals surface area (Å²) in [5, 5.41) is 5.31. The van der Waals surface area contributed by atoms with Gasteiger partial charge in [-0.1, -0.05) is 22.0 Å². The average Bonchev–Trinajstić information content (AvgIpc) is 3.21. The van der Waals surface area contributed by atoms with E-state index in [2.05, 4.69) is 55.5 Å². The second kappa shape index (κ2) is 6.76. The van der Waals surface area contributed by atoms with Crippen LogP contribution in [0.3, 0.4) is 0 Å². The minimum atomic E-state index is 0.0450. The predicted molar refractivity (Wildman–Crippen MR) is 105 cm³/mol. The molecule has 0 radical (unpaired) electrons. The minimum Gasteiger partial charge on any atom is -0.361 e. The van der Waals surface area contributed by atoms with Gasteiger partial charge in [0, 0.05) is 39.8 Å². The third-order valence-corrected chi connectivity index (χ3v) is 4.93. The zero-order valence-electron chi connectivity index (χ0n) is 13.6. The van der Waals surface area contributed by atoms with E-state index in [0.717, 1.165) is 32.9 Å². The van der Waals surface area contributed by atoms with E-state index in [0.29, 0.717) is 13.0 Å². The lowest BCUT2D eigenvalue weighted by Gasteiger charge is -2.06. The number of benzene rings is 2. The molecule has 0 aliphatic rings. The van der Waals surface area contributed by atoms with Crippen molar-refractivity contribution in [1.29, 1.82) is 0 Å². The van der Waals surface area contributed by atoms with Crippen LogP contribution in [0.25, 0.3) is 21.8 Å². The molecule has 25 heavy (non-hydrogen) atoms. The number of hydrogen-bond donors (Lipinski definition) is 3. The predicted octanol–water partition coefficient (Wildman–Crippen LogP) is 4.31. The molecule has 0 aliphatic carbocycles. The van der Waals surface area contributed by atoms with Crippen LogP contribution in [0.4, 0.5) is 0 Å². The van der Waals surface area contributed by atoms with E-state index in [9.17, 15) is 4.79 Å². The van der Waals surface area contributed by atoms with Crippen molar-refractivity contribution in [3.63, 3.8) is 0 Å². The molecule has 4 nitrogen and oxygen atoms in total. The Labute approximate surface area is 153 Å². The molecule has 0 aliphatic heterocycles. The first-order chi connectivity index (χ1) is 12.2. The van der Waals surface area contributed by atoms with Crippen LogP contribution in [0.5, 0.6) is 0 Å². The van der Waals surface area contributed by atoms with Crippen LogP contribution in [-0.4, -0.2) is 22.4 Å². The Kier molecular flexibility index (Phi) is 4.32. The lowest BCUT2D eigenvalue weighted by molar-refractivity contribution is -0.120. The van der Waals surface area contributed by atoms with E-state index in [1.165, 1.54) is 10.9 Å². The van der Waals surface area contributed by atoms with E-state index in [4.69, 9.17) is 0 Å². The van der Waals surface area contributed by atoms with Crippen LogP contribution in [0.2, 0.25) is 0 Å². The van der Waals surface area contributed by atoms with Crippen LogP contribution in [0.15, 0.2) is 59.3 Å². The van der Waals surface area contributed by atoms with Crippen molar-refractivity contribution in [2.45, 2.75) is 12.8 Å². The second-order valence-corrected chi connectivity index (χ2v) is 7.10. The molecule has 0 bridgehead atoms. The van der Waals surface area contributed by atoms with Gasteiger partial charge in [0.1, 0.15) is 0 Å². The number of fused-ring (bicyclic) bond motifs is 2. The zero-order valence-corrected chi connectivity index (χ0v) is 15.2. The van der Waals surface area contributed by atoms with Gasteiger partial charge < -0.3 is 15.3 Å². The third kappa shape index (κ3) is 3.46. The summed E-state index contributed by atoms with van der Waals surface area (Å²) in [6.45, 7) is 0.640. The van der Waals surface area contributed by atoms with Gasteiger partial charge >= 0.3 is 0 Å². The largest absolute Gasteiger partial charge is 0.361 e. The highest BCUT2D eigenvalue weighted by atomic mass is 79.9. The fourth-order valence-electron chi connectivity index (χ4n) is 3.14. The van der Waals surface area contributed by atoms with Crippen molar-refractivity contribution < 1.29 is 4.79 Å². The summed E-state index contributed by atoms with van der Waals surface area (Å²) in [4.78, 5) is 18.7. The summed E-state index contributed by atoms with van der Waals surface area (Å²) in [7, 11) is 0. The van der Waals surface area contributed by atoms with Gasteiger partial charge in [0.05, 0.1) is 6.42 Å². The normalized spacial score (nSPS) is 11.2. The van der Waals surface area contributed by atoms with Crippen LogP contribution in [0.1, 0.15) is 11.1 Å².